The zero-order chi connectivity index (χ0) is 12.8. The Hall–Kier alpha value is -0.610. The maximum atomic E-state index is 11.2. The first-order valence-electron chi connectivity index (χ1n) is 7.44. The molecular formula is C14H27N3O. The molecule has 18 heavy (non-hydrogen) atoms. The summed E-state index contributed by atoms with van der Waals surface area (Å²) in [7, 11) is 1.72. The molecule has 0 radical (unpaired) electrons. The van der Waals surface area contributed by atoms with Crippen LogP contribution >= 0.6 is 0 Å². The number of rotatable bonds is 8. The van der Waals surface area contributed by atoms with Crippen molar-refractivity contribution in [3.05, 3.63) is 0 Å². The van der Waals surface area contributed by atoms with Crippen LogP contribution in [-0.4, -0.2) is 50.1 Å². The molecule has 0 aromatic carbocycles. The summed E-state index contributed by atoms with van der Waals surface area (Å²) in [6.07, 6.45) is 7.10. The molecule has 104 valence electrons. The van der Waals surface area contributed by atoms with Gasteiger partial charge in [0.15, 0.2) is 0 Å². The molecule has 2 aliphatic rings. The van der Waals surface area contributed by atoms with Gasteiger partial charge in [0.25, 0.3) is 0 Å². The van der Waals surface area contributed by atoms with Crippen LogP contribution in [0.15, 0.2) is 0 Å². The summed E-state index contributed by atoms with van der Waals surface area (Å²) in [4.78, 5) is 13.8. The zero-order valence-corrected chi connectivity index (χ0v) is 11.6. The molecule has 2 N–H and O–H groups in total. The number of nitrogens with zero attached hydrogens (tertiary/aromatic N) is 1. The lowest BCUT2D eigenvalue weighted by Crippen LogP contribution is -2.39. The van der Waals surface area contributed by atoms with E-state index in [0.29, 0.717) is 12.5 Å². The van der Waals surface area contributed by atoms with Gasteiger partial charge < -0.3 is 15.5 Å². The Bertz CT molecular complexity index is 260. The summed E-state index contributed by atoms with van der Waals surface area (Å²) >= 11 is 0. The molecule has 0 aromatic heterocycles. The third-order valence-electron chi connectivity index (χ3n) is 4.01. The molecule has 1 unspecified atom stereocenters. The van der Waals surface area contributed by atoms with Crippen molar-refractivity contribution in [3.63, 3.8) is 0 Å². The number of nitrogens with one attached hydrogen (secondary N) is 2. The van der Waals surface area contributed by atoms with Gasteiger partial charge in [-0.25, -0.2) is 0 Å². The average Bonchev–Trinajstić information content (AvgIpc) is 3.03. The van der Waals surface area contributed by atoms with Gasteiger partial charge in [-0.1, -0.05) is 0 Å². The van der Waals surface area contributed by atoms with Gasteiger partial charge in [0.05, 0.1) is 0 Å². The molecule has 1 aliphatic carbocycles. The third kappa shape index (κ3) is 4.94. The quantitative estimate of drug-likeness (QED) is 0.678. The van der Waals surface area contributed by atoms with Crippen LogP contribution in [0.3, 0.4) is 0 Å². The van der Waals surface area contributed by atoms with Crippen LogP contribution in [0.1, 0.15) is 38.5 Å². The molecule has 0 bridgehead atoms. The average molecular weight is 253 g/mol. The number of amides is 1. The molecule has 1 heterocycles. The molecule has 1 saturated heterocycles. The molecule has 0 spiro atoms. The topological polar surface area (TPSA) is 44.4 Å². The van der Waals surface area contributed by atoms with Crippen LogP contribution in [0.4, 0.5) is 0 Å². The van der Waals surface area contributed by atoms with Gasteiger partial charge in [0, 0.05) is 32.6 Å². The molecule has 4 heteroatoms. The third-order valence-corrected chi connectivity index (χ3v) is 4.01. The standard InChI is InChI=1S/C14H27N3O/c1-15-14(18)5-3-9-17(10-12-6-7-12)11-13-4-2-8-16-13/h12-13,16H,2-11H2,1H3,(H,15,18). The number of hydrogen-bond acceptors (Lipinski definition) is 3. The normalized spacial score (nSPS) is 23.6. The Morgan fingerprint density at radius 2 is 2.17 bits per heavy atom. The fourth-order valence-corrected chi connectivity index (χ4v) is 2.74. The predicted octanol–water partition coefficient (Wildman–Crippen LogP) is 0.977. The van der Waals surface area contributed by atoms with Crippen LogP contribution < -0.4 is 10.6 Å². The van der Waals surface area contributed by atoms with Crippen LogP contribution in [0.2, 0.25) is 0 Å². The number of carbonyl (C=O) groups excluding carboxylic acids is 1. The maximum absolute atomic E-state index is 11.2. The smallest absolute Gasteiger partial charge is 0.219 e. The summed E-state index contributed by atoms with van der Waals surface area (Å²) < 4.78 is 0. The highest BCUT2D eigenvalue weighted by molar-refractivity contribution is 5.75. The van der Waals surface area contributed by atoms with Crippen molar-refractivity contribution in [2.24, 2.45) is 5.92 Å². The van der Waals surface area contributed by atoms with Gasteiger partial charge >= 0.3 is 0 Å². The lowest BCUT2D eigenvalue weighted by Gasteiger charge is -2.25. The maximum Gasteiger partial charge on any atom is 0.219 e. The highest BCUT2D eigenvalue weighted by atomic mass is 16.1. The Kier molecular flexibility index (Phi) is 5.45. The zero-order valence-electron chi connectivity index (χ0n) is 11.6. The van der Waals surface area contributed by atoms with E-state index in [-0.39, 0.29) is 5.91 Å². The van der Waals surface area contributed by atoms with Crippen molar-refractivity contribution < 1.29 is 4.79 Å². The van der Waals surface area contributed by atoms with Crippen LogP contribution in [-0.2, 0) is 4.79 Å². The van der Waals surface area contributed by atoms with E-state index in [1.165, 1.54) is 45.3 Å². The molecular weight excluding hydrogens is 226 g/mol. The number of carbonyl (C=O) groups is 1. The van der Waals surface area contributed by atoms with Crippen LogP contribution in [0, 0.1) is 5.92 Å². The van der Waals surface area contributed by atoms with E-state index in [9.17, 15) is 4.79 Å². The van der Waals surface area contributed by atoms with Crippen molar-refractivity contribution in [1.29, 1.82) is 0 Å². The van der Waals surface area contributed by atoms with Crippen molar-refractivity contribution in [2.75, 3.05) is 33.2 Å². The fourth-order valence-electron chi connectivity index (χ4n) is 2.74. The second-order valence-electron chi connectivity index (χ2n) is 5.77. The van der Waals surface area contributed by atoms with E-state index >= 15 is 0 Å². The van der Waals surface area contributed by atoms with Crippen molar-refractivity contribution in [3.8, 4) is 0 Å². The Labute approximate surface area is 110 Å². The lowest BCUT2D eigenvalue weighted by molar-refractivity contribution is -0.120. The lowest BCUT2D eigenvalue weighted by atomic mass is 10.2. The Balaban J connectivity index is 1.67. The second-order valence-corrected chi connectivity index (χ2v) is 5.77. The van der Waals surface area contributed by atoms with E-state index in [1.807, 2.05) is 0 Å². The summed E-state index contributed by atoms with van der Waals surface area (Å²) in [5, 5.41) is 6.27. The Morgan fingerprint density at radius 3 is 2.78 bits per heavy atom. The van der Waals surface area contributed by atoms with Crippen molar-refractivity contribution in [1.82, 2.24) is 15.5 Å². The molecule has 1 amide bonds. The van der Waals surface area contributed by atoms with E-state index in [4.69, 9.17) is 0 Å². The highest BCUT2D eigenvalue weighted by Gasteiger charge is 2.26. The summed E-state index contributed by atoms with van der Waals surface area (Å²) in [6.45, 7) is 4.67. The minimum Gasteiger partial charge on any atom is -0.359 e. The first-order chi connectivity index (χ1) is 8.78. The van der Waals surface area contributed by atoms with Gasteiger partial charge in [-0.15, -0.1) is 0 Å². The van der Waals surface area contributed by atoms with Crippen LogP contribution in [0.25, 0.3) is 0 Å². The largest absolute Gasteiger partial charge is 0.359 e. The van der Waals surface area contributed by atoms with E-state index in [2.05, 4.69) is 15.5 Å². The molecule has 2 rings (SSSR count). The SMILES string of the molecule is CNC(=O)CCCN(CC1CC1)CC1CCCN1. The molecule has 1 saturated carbocycles. The molecule has 2 fully saturated rings. The number of hydrogen-bond donors (Lipinski definition) is 2. The van der Waals surface area contributed by atoms with Gasteiger partial charge in [0.1, 0.15) is 0 Å². The molecule has 0 aromatic rings. The van der Waals surface area contributed by atoms with E-state index < -0.39 is 0 Å². The van der Waals surface area contributed by atoms with Gasteiger partial charge in [-0.05, 0) is 51.1 Å². The molecule has 1 atom stereocenters. The van der Waals surface area contributed by atoms with Crippen LogP contribution in [0.5, 0.6) is 0 Å². The van der Waals surface area contributed by atoms with E-state index in [1.54, 1.807) is 7.05 Å². The van der Waals surface area contributed by atoms with E-state index in [0.717, 1.165) is 18.9 Å². The second kappa shape index (κ2) is 7.10. The monoisotopic (exact) mass is 253 g/mol. The summed E-state index contributed by atoms with van der Waals surface area (Å²) in [6, 6.07) is 0.684. The van der Waals surface area contributed by atoms with Crippen molar-refractivity contribution in [2.45, 2.75) is 44.6 Å². The van der Waals surface area contributed by atoms with Crippen molar-refractivity contribution >= 4 is 5.91 Å². The summed E-state index contributed by atoms with van der Waals surface area (Å²) in [5.74, 6) is 1.10. The van der Waals surface area contributed by atoms with Gasteiger partial charge in [-0.2, -0.15) is 0 Å². The molecule has 4 nitrogen and oxygen atoms in total. The first kappa shape index (κ1) is 13.8. The summed E-state index contributed by atoms with van der Waals surface area (Å²) in [5.41, 5.74) is 0. The first-order valence-corrected chi connectivity index (χ1v) is 7.44. The fraction of sp³-hybridized carbons (Fsp3) is 0.929. The molecule has 1 aliphatic heterocycles. The Morgan fingerprint density at radius 1 is 1.33 bits per heavy atom. The minimum absolute atomic E-state index is 0.167. The van der Waals surface area contributed by atoms with Gasteiger partial charge in [0.2, 0.25) is 5.91 Å². The minimum atomic E-state index is 0.167. The van der Waals surface area contributed by atoms with Gasteiger partial charge in [-0.3, -0.25) is 4.79 Å². The predicted molar refractivity (Wildman–Crippen MR) is 73.5 cm³/mol. The highest BCUT2D eigenvalue weighted by Crippen LogP contribution is 2.30.